The Balaban J connectivity index is 2.05. The molecule has 0 spiro atoms. The van der Waals surface area contributed by atoms with E-state index in [4.69, 9.17) is 9.84 Å². The molecule has 1 aromatic heterocycles. The van der Waals surface area contributed by atoms with Crippen LogP contribution in [0.15, 0.2) is 48.8 Å². The molecular weight excluding hydrogens is 268 g/mol. The number of aldehydes is 1. The quantitative estimate of drug-likeness (QED) is 0.729. The van der Waals surface area contributed by atoms with E-state index >= 15 is 0 Å². The van der Waals surface area contributed by atoms with Gasteiger partial charge in [-0.25, -0.2) is 4.98 Å². The molecule has 3 aromatic rings. The van der Waals surface area contributed by atoms with E-state index in [0.29, 0.717) is 11.3 Å². The fraction of sp³-hybridized carbons (Fsp3) is 0.125. The second kappa shape index (κ2) is 5.76. The molecule has 5 heteroatoms. The monoisotopic (exact) mass is 282 g/mol. The summed E-state index contributed by atoms with van der Waals surface area (Å²) >= 11 is 0. The molecule has 0 fully saturated rings. The van der Waals surface area contributed by atoms with Crippen LogP contribution in [0.25, 0.3) is 16.7 Å². The van der Waals surface area contributed by atoms with Gasteiger partial charge in [-0.3, -0.25) is 9.36 Å². The van der Waals surface area contributed by atoms with Crippen molar-refractivity contribution in [3.8, 4) is 11.4 Å². The van der Waals surface area contributed by atoms with E-state index in [1.165, 1.54) is 0 Å². The number of rotatable bonds is 5. The topological polar surface area (TPSA) is 64.4 Å². The lowest BCUT2D eigenvalue weighted by atomic mass is 10.2. The van der Waals surface area contributed by atoms with Gasteiger partial charge in [0.2, 0.25) is 0 Å². The van der Waals surface area contributed by atoms with E-state index in [1.807, 2.05) is 34.9 Å². The molecule has 1 heterocycles. The fourth-order valence-electron chi connectivity index (χ4n) is 2.19. The predicted molar refractivity (Wildman–Crippen MR) is 79.0 cm³/mol. The van der Waals surface area contributed by atoms with Crippen molar-refractivity contribution in [2.75, 3.05) is 13.2 Å². The first-order valence-electron chi connectivity index (χ1n) is 6.58. The molecule has 1 N–H and O–H groups in total. The third kappa shape index (κ3) is 2.64. The molecule has 0 aliphatic heterocycles. The average Bonchev–Trinajstić information content (AvgIpc) is 2.96. The molecule has 0 saturated heterocycles. The lowest BCUT2D eigenvalue weighted by Gasteiger charge is -2.08. The first-order valence-corrected chi connectivity index (χ1v) is 6.58. The first-order chi connectivity index (χ1) is 10.3. The highest BCUT2D eigenvalue weighted by Crippen LogP contribution is 2.22. The maximum absolute atomic E-state index is 10.9. The van der Waals surface area contributed by atoms with Crippen LogP contribution in [0.2, 0.25) is 0 Å². The van der Waals surface area contributed by atoms with Gasteiger partial charge in [-0.05, 0) is 30.3 Å². The lowest BCUT2D eigenvalue weighted by molar-refractivity contribution is 0.112. The van der Waals surface area contributed by atoms with Gasteiger partial charge in [0.15, 0.2) is 0 Å². The van der Waals surface area contributed by atoms with E-state index in [0.717, 1.165) is 23.0 Å². The number of hydrogen-bond acceptors (Lipinski definition) is 4. The van der Waals surface area contributed by atoms with Gasteiger partial charge in [-0.2, -0.15) is 0 Å². The molecule has 0 unspecified atom stereocenters. The number of benzene rings is 2. The number of carbonyl (C=O) groups excluding carboxylic acids is 1. The van der Waals surface area contributed by atoms with E-state index in [9.17, 15) is 4.79 Å². The third-order valence-corrected chi connectivity index (χ3v) is 3.16. The highest BCUT2D eigenvalue weighted by atomic mass is 16.5. The lowest BCUT2D eigenvalue weighted by Crippen LogP contribution is -2.02. The van der Waals surface area contributed by atoms with Gasteiger partial charge in [0, 0.05) is 11.6 Å². The molecule has 0 aliphatic carbocycles. The summed E-state index contributed by atoms with van der Waals surface area (Å²) in [7, 11) is 0. The highest BCUT2D eigenvalue weighted by Gasteiger charge is 2.06. The molecule has 0 amide bonds. The van der Waals surface area contributed by atoms with Crippen LogP contribution in [0.4, 0.5) is 0 Å². The molecule has 2 aromatic carbocycles. The molecule has 21 heavy (non-hydrogen) atoms. The Morgan fingerprint density at radius 1 is 1.24 bits per heavy atom. The minimum Gasteiger partial charge on any atom is -0.491 e. The number of hydrogen-bond donors (Lipinski definition) is 1. The van der Waals surface area contributed by atoms with Crippen molar-refractivity contribution in [2.24, 2.45) is 0 Å². The van der Waals surface area contributed by atoms with Crippen molar-refractivity contribution in [3.63, 3.8) is 0 Å². The van der Waals surface area contributed by atoms with Gasteiger partial charge in [0.05, 0.1) is 23.3 Å². The van der Waals surface area contributed by atoms with Crippen molar-refractivity contribution >= 4 is 17.3 Å². The smallest absolute Gasteiger partial charge is 0.150 e. The van der Waals surface area contributed by atoms with Crippen LogP contribution >= 0.6 is 0 Å². The van der Waals surface area contributed by atoms with Crippen LogP contribution in [-0.4, -0.2) is 34.2 Å². The van der Waals surface area contributed by atoms with Crippen molar-refractivity contribution in [1.29, 1.82) is 0 Å². The van der Waals surface area contributed by atoms with E-state index in [1.54, 1.807) is 18.5 Å². The van der Waals surface area contributed by atoms with Crippen LogP contribution in [-0.2, 0) is 0 Å². The maximum atomic E-state index is 10.9. The SMILES string of the molecule is O=Cc1ccc2ncn(-c3cccc(OCCO)c3)c2c1. The molecule has 3 rings (SSSR count). The molecule has 0 aliphatic rings. The third-order valence-electron chi connectivity index (χ3n) is 3.16. The zero-order chi connectivity index (χ0) is 14.7. The number of aliphatic hydroxyl groups is 1. The van der Waals surface area contributed by atoms with Gasteiger partial charge < -0.3 is 9.84 Å². The molecule has 0 atom stereocenters. The Kier molecular flexibility index (Phi) is 3.66. The zero-order valence-electron chi connectivity index (χ0n) is 11.3. The summed E-state index contributed by atoms with van der Waals surface area (Å²) in [6.45, 7) is 0.227. The maximum Gasteiger partial charge on any atom is 0.150 e. The number of ether oxygens (including phenoxy) is 1. The van der Waals surface area contributed by atoms with Crippen LogP contribution in [0, 0.1) is 0 Å². The summed E-state index contributed by atoms with van der Waals surface area (Å²) < 4.78 is 7.31. The summed E-state index contributed by atoms with van der Waals surface area (Å²) in [5.41, 5.74) is 3.18. The normalized spacial score (nSPS) is 10.7. The second-order valence-electron chi connectivity index (χ2n) is 4.55. The highest BCUT2D eigenvalue weighted by molar-refractivity contribution is 5.85. The molecular formula is C16H14N2O3. The van der Waals surface area contributed by atoms with Crippen molar-refractivity contribution in [2.45, 2.75) is 0 Å². The molecule has 5 nitrogen and oxygen atoms in total. The summed E-state index contributed by atoms with van der Waals surface area (Å²) in [5, 5.41) is 8.81. The number of aromatic nitrogens is 2. The van der Waals surface area contributed by atoms with Gasteiger partial charge >= 0.3 is 0 Å². The second-order valence-corrected chi connectivity index (χ2v) is 4.55. The summed E-state index contributed by atoms with van der Waals surface area (Å²) in [6.07, 6.45) is 2.53. The summed E-state index contributed by atoms with van der Waals surface area (Å²) in [6, 6.07) is 12.9. The number of carbonyl (C=O) groups is 1. The van der Waals surface area contributed by atoms with Crippen molar-refractivity contribution in [3.05, 3.63) is 54.4 Å². The van der Waals surface area contributed by atoms with Crippen LogP contribution in [0.1, 0.15) is 10.4 Å². The minimum absolute atomic E-state index is 0.0269. The Morgan fingerprint density at radius 2 is 2.14 bits per heavy atom. The largest absolute Gasteiger partial charge is 0.491 e. The summed E-state index contributed by atoms with van der Waals surface area (Å²) in [4.78, 5) is 15.2. The molecule has 0 saturated carbocycles. The Morgan fingerprint density at radius 3 is 2.95 bits per heavy atom. The fourth-order valence-corrected chi connectivity index (χ4v) is 2.19. The van der Waals surface area contributed by atoms with Crippen LogP contribution < -0.4 is 4.74 Å². The Hall–Kier alpha value is -2.66. The minimum atomic E-state index is -0.0269. The predicted octanol–water partition coefficient (Wildman–Crippen LogP) is 2.21. The standard InChI is InChI=1S/C16H14N2O3/c19-6-7-21-14-3-1-2-13(9-14)18-11-17-15-5-4-12(10-20)8-16(15)18/h1-5,8-11,19H,6-7H2. The Labute approximate surface area is 121 Å². The Bertz CT molecular complexity index is 780. The van der Waals surface area contributed by atoms with Crippen LogP contribution in [0.3, 0.4) is 0 Å². The number of nitrogens with zero attached hydrogens (tertiary/aromatic N) is 2. The zero-order valence-corrected chi connectivity index (χ0v) is 11.3. The molecule has 0 radical (unpaired) electrons. The number of fused-ring (bicyclic) bond motifs is 1. The summed E-state index contributed by atoms with van der Waals surface area (Å²) in [5.74, 6) is 0.676. The van der Waals surface area contributed by atoms with Gasteiger partial charge in [-0.15, -0.1) is 0 Å². The number of aliphatic hydroxyl groups excluding tert-OH is 1. The van der Waals surface area contributed by atoms with Gasteiger partial charge in [0.1, 0.15) is 25.0 Å². The van der Waals surface area contributed by atoms with Crippen molar-refractivity contribution < 1.29 is 14.6 Å². The van der Waals surface area contributed by atoms with Crippen LogP contribution in [0.5, 0.6) is 5.75 Å². The molecule has 106 valence electrons. The van der Waals surface area contributed by atoms with Crippen molar-refractivity contribution in [1.82, 2.24) is 9.55 Å². The van der Waals surface area contributed by atoms with Gasteiger partial charge in [-0.1, -0.05) is 6.07 Å². The van der Waals surface area contributed by atoms with E-state index < -0.39 is 0 Å². The van der Waals surface area contributed by atoms with Gasteiger partial charge in [0.25, 0.3) is 0 Å². The first kappa shape index (κ1) is 13.3. The van der Waals surface area contributed by atoms with E-state index in [2.05, 4.69) is 4.98 Å². The van der Waals surface area contributed by atoms with E-state index in [-0.39, 0.29) is 13.2 Å². The molecule has 0 bridgehead atoms. The average molecular weight is 282 g/mol. The number of imidazole rings is 1.